The van der Waals surface area contributed by atoms with E-state index in [1.54, 1.807) is 0 Å². The van der Waals surface area contributed by atoms with Gasteiger partial charge in [-0.1, -0.05) is 32.4 Å². The maximum Gasteiger partial charge on any atom is 0.0348 e. The number of piperidine rings is 1. The zero-order valence-electron chi connectivity index (χ0n) is 11.0. The van der Waals surface area contributed by atoms with E-state index in [1.165, 1.54) is 37.9 Å². The van der Waals surface area contributed by atoms with Crippen LogP contribution >= 0.6 is 0 Å². The molecule has 0 saturated carbocycles. The molecule has 0 aliphatic carbocycles. The summed E-state index contributed by atoms with van der Waals surface area (Å²) < 4.78 is 0. The van der Waals surface area contributed by atoms with Crippen LogP contribution in [0, 0.1) is 5.92 Å². The number of anilines is 1. The van der Waals surface area contributed by atoms with Crippen molar-refractivity contribution in [2.75, 3.05) is 18.8 Å². The van der Waals surface area contributed by atoms with Crippen LogP contribution in [0.25, 0.3) is 0 Å². The Labute approximate surface area is 105 Å². The van der Waals surface area contributed by atoms with Gasteiger partial charge >= 0.3 is 0 Å². The molecule has 0 radical (unpaired) electrons. The van der Waals surface area contributed by atoms with Crippen LogP contribution in [0.15, 0.2) is 24.3 Å². The van der Waals surface area contributed by atoms with E-state index in [2.05, 4.69) is 30.9 Å². The maximum absolute atomic E-state index is 5.76. The van der Waals surface area contributed by atoms with Crippen molar-refractivity contribution >= 4 is 5.69 Å². The van der Waals surface area contributed by atoms with Crippen molar-refractivity contribution in [2.24, 2.45) is 5.92 Å². The number of benzene rings is 1. The molecule has 0 amide bonds. The summed E-state index contributed by atoms with van der Waals surface area (Å²) in [5.41, 5.74) is 8.05. The highest BCUT2D eigenvalue weighted by atomic mass is 15.2. The molecule has 1 unspecified atom stereocenters. The monoisotopic (exact) mass is 232 g/mol. The second-order valence-corrected chi connectivity index (χ2v) is 5.57. The summed E-state index contributed by atoms with van der Waals surface area (Å²) in [5.74, 6) is 0.740. The molecule has 1 atom stereocenters. The third-order valence-corrected chi connectivity index (χ3v) is 3.53. The van der Waals surface area contributed by atoms with Crippen molar-refractivity contribution in [1.82, 2.24) is 4.90 Å². The quantitative estimate of drug-likeness (QED) is 0.809. The third-order valence-electron chi connectivity index (χ3n) is 3.53. The lowest BCUT2D eigenvalue weighted by Crippen LogP contribution is -2.36. The Morgan fingerprint density at radius 3 is 2.59 bits per heavy atom. The van der Waals surface area contributed by atoms with E-state index in [-0.39, 0.29) is 0 Å². The van der Waals surface area contributed by atoms with Crippen LogP contribution in [0.1, 0.15) is 44.7 Å². The second kappa shape index (κ2) is 5.54. The standard InChI is InChI=1S/C15H24N2/c1-12(2)11-17-10-4-3-5-15(17)13-6-8-14(16)9-7-13/h6-9,12,15H,3-5,10-11,16H2,1-2H3. The van der Waals surface area contributed by atoms with Gasteiger partial charge in [0.25, 0.3) is 0 Å². The lowest BCUT2D eigenvalue weighted by Gasteiger charge is -2.37. The van der Waals surface area contributed by atoms with Gasteiger partial charge in [0.1, 0.15) is 0 Å². The lowest BCUT2D eigenvalue weighted by atomic mass is 9.94. The number of nitrogen functional groups attached to an aromatic ring is 1. The highest BCUT2D eigenvalue weighted by molar-refractivity contribution is 5.40. The Kier molecular flexibility index (Phi) is 4.06. The first-order valence-corrected chi connectivity index (χ1v) is 6.76. The van der Waals surface area contributed by atoms with E-state index < -0.39 is 0 Å². The Bertz CT molecular complexity index is 342. The molecule has 1 saturated heterocycles. The van der Waals surface area contributed by atoms with E-state index in [9.17, 15) is 0 Å². The molecule has 2 N–H and O–H groups in total. The van der Waals surface area contributed by atoms with Crippen LogP contribution in [0.2, 0.25) is 0 Å². The van der Waals surface area contributed by atoms with Gasteiger partial charge < -0.3 is 5.73 Å². The lowest BCUT2D eigenvalue weighted by molar-refractivity contribution is 0.132. The third kappa shape index (κ3) is 3.22. The number of hydrogen-bond acceptors (Lipinski definition) is 2. The van der Waals surface area contributed by atoms with Gasteiger partial charge in [0.2, 0.25) is 0 Å². The Balaban J connectivity index is 2.12. The molecule has 0 aromatic heterocycles. The van der Waals surface area contributed by atoms with Gasteiger partial charge in [-0.3, -0.25) is 4.90 Å². The zero-order chi connectivity index (χ0) is 12.3. The number of rotatable bonds is 3. The molecular formula is C15H24N2. The summed E-state index contributed by atoms with van der Waals surface area (Å²) in [6.07, 6.45) is 3.98. The van der Waals surface area contributed by atoms with E-state index in [0.29, 0.717) is 6.04 Å². The molecule has 2 heteroatoms. The van der Waals surface area contributed by atoms with Gasteiger partial charge in [-0.05, 0) is 43.0 Å². The van der Waals surface area contributed by atoms with Gasteiger partial charge in [-0.25, -0.2) is 0 Å². The molecule has 1 heterocycles. The highest BCUT2D eigenvalue weighted by Crippen LogP contribution is 2.31. The molecule has 2 rings (SSSR count). The zero-order valence-corrected chi connectivity index (χ0v) is 11.0. The summed E-state index contributed by atoms with van der Waals surface area (Å²) >= 11 is 0. The summed E-state index contributed by atoms with van der Waals surface area (Å²) in [6, 6.07) is 9.04. The molecule has 1 aliphatic heterocycles. The van der Waals surface area contributed by atoms with Crippen LogP contribution in [-0.4, -0.2) is 18.0 Å². The van der Waals surface area contributed by atoms with E-state index in [0.717, 1.165) is 11.6 Å². The van der Waals surface area contributed by atoms with Gasteiger partial charge in [-0.15, -0.1) is 0 Å². The van der Waals surface area contributed by atoms with Crippen LogP contribution in [0.5, 0.6) is 0 Å². The first-order valence-electron chi connectivity index (χ1n) is 6.76. The van der Waals surface area contributed by atoms with Crippen molar-refractivity contribution in [3.63, 3.8) is 0 Å². The minimum absolute atomic E-state index is 0.603. The van der Waals surface area contributed by atoms with Crippen LogP contribution in [0.4, 0.5) is 5.69 Å². The van der Waals surface area contributed by atoms with Crippen LogP contribution < -0.4 is 5.73 Å². The minimum atomic E-state index is 0.603. The van der Waals surface area contributed by atoms with Crippen molar-refractivity contribution in [3.8, 4) is 0 Å². The smallest absolute Gasteiger partial charge is 0.0348 e. The highest BCUT2D eigenvalue weighted by Gasteiger charge is 2.23. The van der Waals surface area contributed by atoms with E-state index >= 15 is 0 Å². The largest absolute Gasteiger partial charge is 0.399 e. The fraction of sp³-hybridized carbons (Fsp3) is 0.600. The molecule has 0 bridgehead atoms. The topological polar surface area (TPSA) is 29.3 Å². The van der Waals surface area contributed by atoms with Crippen LogP contribution in [-0.2, 0) is 0 Å². The minimum Gasteiger partial charge on any atom is -0.399 e. The van der Waals surface area contributed by atoms with Crippen molar-refractivity contribution < 1.29 is 0 Å². The van der Waals surface area contributed by atoms with Gasteiger partial charge in [-0.2, -0.15) is 0 Å². The first kappa shape index (κ1) is 12.4. The molecule has 1 aromatic carbocycles. The van der Waals surface area contributed by atoms with Crippen molar-refractivity contribution in [3.05, 3.63) is 29.8 Å². The molecule has 1 aliphatic rings. The molecule has 1 aromatic rings. The SMILES string of the molecule is CC(C)CN1CCCCC1c1ccc(N)cc1. The van der Waals surface area contributed by atoms with Gasteiger partial charge in [0.05, 0.1) is 0 Å². The summed E-state index contributed by atoms with van der Waals surface area (Å²) in [6.45, 7) is 7.05. The molecular weight excluding hydrogens is 208 g/mol. The summed E-state index contributed by atoms with van der Waals surface area (Å²) in [7, 11) is 0. The second-order valence-electron chi connectivity index (χ2n) is 5.57. The summed E-state index contributed by atoms with van der Waals surface area (Å²) in [5, 5.41) is 0. The number of hydrogen-bond donors (Lipinski definition) is 1. The Morgan fingerprint density at radius 2 is 1.94 bits per heavy atom. The fourth-order valence-corrected chi connectivity index (χ4v) is 2.77. The van der Waals surface area contributed by atoms with Gasteiger partial charge in [0.15, 0.2) is 0 Å². The Hall–Kier alpha value is -1.02. The fourth-order valence-electron chi connectivity index (χ4n) is 2.77. The molecule has 0 spiro atoms. The van der Waals surface area contributed by atoms with E-state index in [1.807, 2.05) is 12.1 Å². The average molecular weight is 232 g/mol. The van der Waals surface area contributed by atoms with Crippen molar-refractivity contribution in [1.29, 1.82) is 0 Å². The van der Waals surface area contributed by atoms with Crippen LogP contribution in [0.3, 0.4) is 0 Å². The number of nitrogens with two attached hydrogens (primary N) is 1. The number of likely N-dealkylation sites (tertiary alicyclic amines) is 1. The maximum atomic E-state index is 5.76. The predicted octanol–water partition coefficient (Wildman–Crippen LogP) is 3.45. The van der Waals surface area contributed by atoms with Crippen molar-refractivity contribution in [2.45, 2.75) is 39.2 Å². The molecule has 94 valence electrons. The molecule has 17 heavy (non-hydrogen) atoms. The average Bonchev–Trinajstić information content (AvgIpc) is 2.30. The Morgan fingerprint density at radius 1 is 1.24 bits per heavy atom. The summed E-state index contributed by atoms with van der Waals surface area (Å²) in [4.78, 5) is 2.64. The normalized spacial score (nSPS) is 21.9. The first-order chi connectivity index (χ1) is 8.16. The van der Waals surface area contributed by atoms with Gasteiger partial charge in [0, 0.05) is 18.3 Å². The number of nitrogens with zero attached hydrogens (tertiary/aromatic N) is 1. The predicted molar refractivity (Wildman–Crippen MR) is 73.9 cm³/mol. The van der Waals surface area contributed by atoms with E-state index in [4.69, 9.17) is 5.73 Å². The molecule has 2 nitrogen and oxygen atoms in total. The molecule has 1 fully saturated rings.